The minimum Gasteiger partial charge on any atom is -0.496 e. The molecule has 0 aliphatic carbocycles. The molecule has 0 saturated carbocycles. The molecule has 0 spiro atoms. The number of pyridine rings is 1. The molecule has 1 aromatic carbocycles. The number of morpholine rings is 1. The average molecular weight is 393 g/mol. The summed E-state index contributed by atoms with van der Waals surface area (Å²) in [6.07, 6.45) is 1.79. The first-order valence-corrected chi connectivity index (χ1v) is 9.48. The number of hydrogen-bond acceptors (Lipinski definition) is 6. The second-order valence-corrected chi connectivity index (χ2v) is 6.76. The van der Waals surface area contributed by atoms with Crippen LogP contribution < -0.4 is 10.1 Å². The van der Waals surface area contributed by atoms with Gasteiger partial charge in [0.05, 0.1) is 26.0 Å². The Kier molecular flexibility index (Phi) is 5.83. The molecule has 8 heteroatoms. The number of rotatable bonds is 6. The highest BCUT2D eigenvalue weighted by Crippen LogP contribution is 2.28. The summed E-state index contributed by atoms with van der Waals surface area (Å²) >= 11 is 0. The summed E-state index contributed by atoms with van der Waals surface area (Å²) in [6.45, 7) is 4.21. The molecule has 0 radical (unpaired) electrons. The number of benzene rings is 1. The largest absolute Gasteiger partial charge is 0.496 e. The molecule has 4 rings (SSSR count). The van der Waals surface area contributed by atoms with E-state index in [2.05, 4.69) is 25.4 Å². The maximum absolute atomic E-state index is 12.5. The van der Waals surface area contributed by atoms with E-state index in [1.807, 2.05) is 36.4 Å². The van der Waals surface area contributed by atoms with E-state index < -0.39 is 0 Å². The van der Waals surface area contributed by atoms with Crippen molar-refractivity contribution in [2.24, 2.45) is 0 Å². The van der Waals surface area contributed by atoms with Gasteiger partial charge in [-0.3, -0.25) is 14.8 Å². The molecule has 0 unspecified atom stereocenters. The van der Waals surface area contributed by atoms with Crippen molar-refractivity contribution in [2.45, 2.75) is 6.54 Å². The van der Waals surface area contributed by atoms with Crippen molar-refractivity contribution in [3.05, 3.63) is 59.9 Å². The number of nitrogens with zero attached hydrogens (tertiary/aromatic N) is 3. The number of para-hydroxylation sites is 1. The summed E-state index contributed by atoms with van der Waals surface area (Å²) in [6, 6.07) is 13.0. The lowest BCUT2D eigenvalue weighted by atomic mass is 10.1. The van der Waals surface area contributed by atoms with Crippen LogP contribution >= 0.6 is 0 Å². The molecule has 29 heavy (non-hydrogen) atoms. The van der Waals surface area contributed by atoms with Crippen LogP contribution in [0.3, 0.4) is 0 Å². The van der Waals surface area contributed by atoms with Gasteiger partial charge >= 0.3 is 0 Å². The second-order valence-electron chi connectivity index (χ2n) is 6.76. The fourth-order valence-corrected chi connectivity index (χ4v) is 3.23. The third kappa shape index (κ3) is 4.61. The summed E-state index contributed by atoms with van der Waals surface area (Å²) in [5.41, 5.74) is 2.91. The number of H-pyrrole nitrogens is 1. The topological polar surface area (TPSA) is 92.4 Å². The smallest absolute Gasteiger partial charge is 0.274 e. The van der Waals surface area contributed by atoms with Crippen LogP contribution in [-0.2, 0) is 11.3 Å². The first-order valence-electron chi connectivity index (χ1n) is 9.48. The molecule has 1 amide bonds. The number of methoxy groups -OCH3 is 1. The average Bonchev–Trinajstić information content (AvgIpc) is 3.26. The molecule has 150 valence electrons. The molecular formula is C21H23N5O3. The molecule has 2 N–H and O–H groups in total. The Morgan fingerprint density at radius 3 is 2.83 bits per heavy atom. The maximum Gasteiger partial charge on any atom is 0.274 e. The van der Waals surface area contributed by atoms with Crippen LogP contribution in [0, 0.1) is 0 Å². The lowest BCUT2D eigenvalue weighted by Gasteiger charge is -2.26. The van der Waals surface area contributed by atoms with Crippen molar-refractivity contribution in [3.8, 4) is 17.0 Å². The normalized spacial score (nSPS) is 14.5. The van der Waals surface area contributed by atoms with Gasteiger partial charge in [0.1, 0.15) is 17.3 Å². The lowest BCUT2D eigenvalue weighted by molar-refractivity contribution is 0.0341. The van der Waals surface area contributed by atoms with Crippen LogP contribution in [-0.4, -0.2) is 59.4 Å². The number of aromatic nitrogens is 3. The Bertz CT molecular complexity index is 964. The van der Waals surface area contributed by atoms with Crippen LogP contribution in [0.4, 0.5) is 5.82 Å². The Morgan fingerprint density at radius 2 is 2.07 bits per heavy atom. The number of amides is 1. The molecular weight excluding hydrogens is 370 g/mol. The van der Waals surface area contributed by atoms with Crippen LogP contribution in [0.1, 0.15) is 16.1 Å². The monoisotopic (exact) mass is 393 g/mol. The molecule has 0 atom stereocenters. The Hall–Kier alpha value is -3.23. The predicted molar refractivity (Wildman–Crippen MR) is 109 cm³/mol. The van der Waals surface area contributed by atoms with Crippen LogP contribution in [0.25, 0.3) is 11.3 Å². The SMILES string of the molecule is COc1ccccc1-c1cc(C(=O)Nc2ccc(CN3CCOCC3)cn2)[nH]n1. The Morgan fingerprint density at radius 1 is 1.24 bits per heavy atom. The van der Waals surface area contributed by atoms with Crippen molar-refractivity contribution in [2.75, 3.05) is 38.7 Å². The number of nitrogens with one attached hydrogen (secondary N) is 2. The van der Waals surface area contributed by atoms with E-state index in [1.165, 1.54) is 0 Å². The minimum atomic E-state index is -0.299. The number of carbonyl (C=O) groups excluding carboxylic acids is 1. The van der Waals surface area contributed by atoms with Gasteiger partial charge in [0.2, 0.25) is 0 Å². The van der Waals surface area contributed by atoms with E-state index in [4.69, 9.17) is 9.47 Å². The van der Waals surface area contributed by atoms with Crippen LogP contribution in [0.2, 0.25) is 0 Å². The zero-order valence-corrected chi connectivity index (χ0v) is 16.2. The molecule has 2 aromatic heterocycles. The first-order chi connectivity index (χ1) is 14.2. The zero-order chi connectivity index (χ0) is 20.1. The number of anilines is 1. The van der Waals surface area contributed by atoms with Crippen molar-refractivity contribution >= 4 is 11.7 Å². The molecule has 1 aliphatic rings. The van der Waals surface area contributed by atoms with Gasteiger partial charge in [0.15, 0.2) is 0 Å². The van der Waals surface area contributed by atoms with Gasteiger partial charge in [0.25, 0.3) is 5.91 Å². The number of ether oxygens (including phenoxy) is 2. The van der Waals surface area contributed by atoms with Gasteiger partial charge in [-0.05, 0) is 29.8 Å². The van der Waals surface area contributed by atoms with Crippen molar-refractivity contribution in [1.82, 2.24) is 20.1 Å². The zero-order valence-electron chi connectivity index (χ0n) is 16.2. The van der Waals surface area contributed by atoms with E-state index in [9.17, 15) is 4.79 Å². The Labute approximate surface area is 168 Å². The maximum atomic E-state index is 12.5. The third-order valence-electron chi connectivity index (χ3n) is 4.78. The molecule has 1 saturated heterocycles. The van der Waals surface area contributed by atoms with Crippen LogP contribution in [0.5, 0.6) is 5.75 Å². The standard InChI is InChI=1S/C21H23N5O3/c1-28-19-5-3-2-4-16(19)17-12-18(25-24-17)21(27)23-20-7-6-15(13-22-20)14-26-8-10-29-11-9-26/h2-7,12-13H,8-11,14H2,1H3,(H,24,25)(H,22,23,27). The van der Waals surface area contributed by atoms with Gasteiger partial charge in [0, 0.05) is 31.4 Å². The fraction of sp³-hybridized carbons (Fsp3) is 0.286. The fourth-order valence-electron chi connectivity index (χ4n) is 3.23. The lowest BCUT2D eigenvalue weighted by Crippen LogP contribution is -2.35. The molecule has 3 heterocycles. The summed E-state index contributed by atoms with van der Waals surface area (Å²) in [5.74, 6) is 0.893. The van der Waals surface area contributed by atoms with Gasteiger partial charge < -0.3 is 14.8 Å². The van der Waals surface area contributed by atoms with Gasteiger partial charge in [-0.1, -0.05) is 18.2 Å². The number of aromatic amines is 1. The predicted octanol–water partition coefficient (Wildman–Crippen LogP) is 2.56. The van der Waals surface area contributed by atoms with E-state index in [1.54, 1.807) is 19.4 Å². The summed E-state index contributed by atoms with van der Waals surface area (Å²) < 4.78 is 10.7. The highest BCUT2D eigenvalue weighted by molar-refractivity contribution is 6.03. The molecule has 0 bridgehead atoms. The minimum absolute atomic E-state index is 0.299. The highest BCUT2D eigenvalue weighted by atomic mass is 16.5. The summed E-state index contributed by atoms with van der Waals surface area (Å²) in [7, 11) is 1.60. The van der Waals surface area contributed by atoms with Gasteiger partial charge in [-0.25, -0.2) is 4.98 Å². The molecule has 1 fully saturated rings. The Balaban J connectivity index is 1.40. The molecule has 8 nitrogen and oxygen atoms in total. The summed E-state index contributed by atoms with van der Waals surface area (Å²) in [5, 5.41) is 9.81. The van der Waals surface area contributed by atoms with Crippen molar-refractivity contribution < 1.29 is 14.3 Å². The summed E-state index contributed by atoms with van der Waals surface area (Å²) in [4.78, 5) is 19.2. The highest BCUT2D eigenvalue weighted by Gasteiger charge is 2.15. The van der Waals surface area contributed by atoms with E-state index in [0.717, 1.165) is 44.0 Å². The van der Waals surface area contributed by atoms with Crippen LogP contribution in [0.15, 0.2) is 48.7 Å². The van der Waals surface area contributed by atoms with Gasteiger partial charge in [-0.15, -0.1) is 0 Å². The molecule has 3 aromatic rings. The number of hydrogen-bond donors (Lipinski definition) is 2. The third-order valence-corrected chi connectivity index (χ3v) is 4.78. The van der Waals surface area contributed by atoms with Crippen molar-refractivity contribution in [3.63, 3.8) is 0 Å². The number of carbonyl (C=O) groups is 1. The van der Waals surface area contributed by atoms with E-state index in [0.29, 0.717) is 23.0 Å². The first kappa shape index (κ1) is 19.1. The van der Waals surface area contributed by atoms with E-state index in [-0.39, 0.29) is 5.91 Å². The van der Waals surface area contributed by atoms with E-state index >= 15 is 0 Å². The second kappa shape index (κ2) is 8.85. The van der Waals surface area contributed by atoms with Crippen molar-refractivity contribution in [1.29, 1.82) is 0 Å². The van der Waals surface area contributed by atoms with Gasteiger partial charge in [-0.2, -0.15) is 5.10 Å². The quantitative estimate of drug-likeness (QED) is 0.669. The molecule has 1 aliphatic heterocycles.